The molecule has 1 fully saturated rings. The van der Waals surface area contributed by atoms with E-state index in [-0.39, 0.29) is 11.3 Å². The summed E-state index contributed by atoms with van der Waals surface area (Å²) in [6, 6.07) is 19.2. The predicted octanol–water partition coefficient (Wildman–Crippen LogP) is 4.95. The Labute approximate surface area is 198 Å². The summed E-state index contributed by atoms with van der Waals surface area (Å²) in [6.07, 6.45) is 1.71. The monoisotopic (exact) mass is 455 g/mol. The standard InChI is InChI=1S/C28H25NO5/c1-17-8-3-5-11-21(17)29-25(20-10-4-6-12-23(20)33-2)24(27(31)28(29)32)26(30)19-13-14-22-18(16-19)9-7-15-34-22/h3-6,8,10-14,16,25,30H,7,9,15H2,1-2H3/b26-24+. The van der Waals surface area contributed by atoms with Crippen LogP contribution in [0.1, 0.15) is 34.7 Å². The minimum atomic E-state index is -0.843. The Morgan fingerprint density at radius 1 is 1.06 bits per heavy atom. The number of benzene rings is 3. The predicted molar refractivity (Wildman–Crippen MR) is 129 cm³/mol. The van der Waals surface area contributed by atoms with Gasteiger partial charge in [0.05, 0.1) is 25.3 Å². The summed E-state index contributed by atoms with van der Waals surface area (Å²) in [5.74, 6) is -0.320. The molecule has 1 unspecified atom stereocenters. The van der Waals surface area contributed by atoms with Crippen molar-refractivity contribution in [3.8, 4) is 11.5 Å². The first-order valence-corrected chi connectivity index (χ1v) is 11.3. The van der Waals surface area contributed by atoms with Gasteiger partial charge in [0.15, 0.2) is 0 Å². The molecule has 1 N–H and O–H groups in total. The van der Waals surface area contributed by atoms with Gasteiger partial charge in [0, 0.05) is 16.8 Å². The van der Waals surface area contributed by atoms with Crippen LogP contribution in [0.15, 0.2) is 72.3 Å². The number of rotatable bonds is 4. The molecule has 5 rings (SSSR count). The molecule has 0 spiro atoms. The molecule has 0 bridgehead atoms. The number of aliphatic hydroxyl groups excluding tert-OH is 1. The van der Waals surface area contributed by atoms with Crippen molar-refractivity contribution in [2.45, 2.75) is 25.8 Å². The minimum absolute atomic E-state index is 0.0365. The van der Waals surface area contributed by atoms with Crippen LogP contribution in [-0.2, 0) is 16.0 Å². The molecule has 0 aromatic heterocycles. The van der Waals surface area contributed by atoms with Crippen molar-refractivity contribution in [2.75, 3.05) is 18.6 Å². The topological polar surface area (TPSA) is 76.1 Å². The van der Waals surface area contributed by atoms with Crippen LogP contribution in [0.5, 0.6) is 11.5 Å². The largest absolute Gasteiger partial charge is 0.507 e. The van der Waals surface area contributed by atoms with Gasteiger partial charge in [-0.3, -0.25) is 14.5 Å². The smallest absolute Gasteiger partial charge is 0.300 e. The van der Waals surface area contributed by atoms with Gasteiger partial charge in [0.2, 0.25) is 0 Å². The lowest BCUT2D eigenvalue weighted by molar-refractivity contribution is -0.132. The lowest BCUT2D eigenvalue weighted by Gasteiger charge is -2.28. The number of Topliss-reactive ketones (excluding diaryl/α,β-unsaturated/α-hetero) is 1. The van der Waals surface area contributed by atoms with Gasteiger partial charge in [-0.15, -0.1) is 0 Å². The summed E-state index contributed by atoms with van der Waals surface area (Å²) < 4.78 is 11.3. The number of aryl methyl sites for hydroxylation is 2. The lowest BCUT2D eigenvalue weighted by Crippen LogP contribution is -2.30. The third-order valence-corrected chi connectivity index (χ3v) is 6.43. The van der Waals surface area contributed by atoms with E-state index in [2.05, 4.69) is 0 Å². The zero-order valence-corrected chi connectivity index (χ0v) is 19.1. The van der Waals surface area contributed by atoms with E-state index in [1.54, 1.807) is 31.4 Å². The third-order valence-electron chi connectivity index (χ3n) is 6.43. The number of methoxy groups -OCH3 is 1. The number of amides is 1. The zero-order valence-electron chi connectivity index (χ0n) is 19.1. The highest BCUT2D eigenvalue weighted by Crippen LogP contribution is 2.45. The zero-order chi connectivity index (χ0) is 23.8. The molecule has 2 aliphatic rings. The van der Waals surface area contributed by atoms with Crippen molar-refractivity contribution in [2.24, 2.45) is 0 Å². The number of para-hydroxylation sites is 2. The number of hydrogen-bond acceptors (Lipinski definition) is 5. The number of nitrogens with zero attached hydrogens (tertiary/aromatic N) is 1. The number of ether oxygens (including phenoxy) is 2. The van der Waals surface area contributed by atoms with E-state index in [0.29, 0.717) is 29.2 Å². The van der Waals surface area contributed by atoms with E-state index >= 15 is 0 Å². The number of aliphatic hydroxyl groups is 1. The maximum absolute atomic E-state index is 13.4. The van der Waals surface area contributed by atoms with Gasteiger partial charge >= 0.3 is 0 Å². The molecule has 3 aromatic rings. The molecule has 6 heteroatoms. The summed E-state index contributed by atoms with van der Waals surface area (Å²) in [5, 5.41) is 11.4. The number of fused-ring (bicyclic) bond motifs is 1. The molecule has 2 aliphatic heterocycles. The van der Waals surface area contributed by atoms with Crippen LogP contribution < -0.4 is 14.4 Å². The maximum Gasteiger partial charge on any atom is 0.300 e. The van der Waals surface area contributed by atoms with E-state index < -0.39 is 17.7 Å². The van der Waals surface area contributed by atoms with Gasteiger partial charge in [0.25, 0.3) is 11.7 Å². The van der Waals surface area contributed by atoms with Gasteiger partial charge in [-0.2, -0.15) is 0 Å². The van der Waals surface area contributed by atoms with Gasteiger partial charge in [-0.1, -0.05) is 36.4 Å². The molecule has 1 saturated heterocycles. The summed E-state index contributed by atoms with van der Waals surface area (Å²) in [7, 11) is 1.54. The molecule has 0 saturated carbocycles. The van der Waals surface area contributed by atoms with E-state index in [1.165, 1.54) is 4.90 Å². The average molecular weight is 456 g/mol. The summed E-state index contributed by atoms with van der Waals surface area (Å²) in [5.41, 5.74) is 3.56. The number of hydrogen-bond donors (Lipinski definition) is 1. The fourth-order valence-electron chi connectivity index (χ4n) is 4.76. The fraction of sp³-hybridized carbons (Fsp3) is 0.214. The first kappa shape index (κ1) is 21.8. The second-order valence-electron chi connectivity index (χ2n) is 8.47. The molecule has 6 nitrogen and oxygen atoms in total. The summed E-state index contributed by atoms with van der Waals surface area (Å²) in [6.45, 7) is 2.55. The highest BCUT2D eigenvalue weighted by molar-refractivity contribution is 6.51. The normalized spacial score (nSPS) is 19.0. The van der Waals surface area contributed by atoms with Crippen LogP contribution >= 0.6 is 0 Å². The van der Waals surface area contributed by atoms with E-state index in [9.17, 15) is 14.7 Å². The quantitative estimate of drug-likeness (QED) is 0.342. The van der Waals surface area contributed by atoms with Crippen molar-refractivity contribution in [3.05, 3.63) is 94.6 Å². The first-order valence-electron chi connectivity index (χ1n) is 11.3. The number of carbonyl (C=O) groups excluding carboxylic acids is 2. The number of carbonyl (C=O) groups is 2. The second-order valence-corrected chi connectivity index (χ2v) is 8.47. The Hall–Kier alpha value is -4.06. The van der Waals surface area contributed by atoms with E-state index in [1.807, 2.05) is 49.4 Å². The van der Waals surface area contributed by atoms with Crippen molar-refractivity contribution >= 4 is 23.1 Å². The first-order chi connectivity index (χ1) is 16.5. The van der Waals surface area contributed by atoms with Crippen LogP contribution in [0.2, 0.25) is 0 Å². The maximum atomic E-state index is 13.4. The molecule has 0 radical (unpaired) electrons. The fourth-order valence-corrected chi connectivity index (χ4v) is 4.76. The Morgan fingerprint density at radius 3 is 2.62 bits per heavy atom. The Balaban J connectivity index is 1.74. The number of ketones is 1. The average Bonchev–Trinajstić information content (AvgIpc) is 3.13. The van der Waals surface area contributed by atoms with Crippen LogP contribution in [0.4, 0.5) is 5.69 Å². The van der Waals surface area contributed by atoms with Crippen molar-refractivity contribution in [1.29, 1.82) is 0 Å². The molecule has 2 heterocycles. The number of anilines is 1. The second kappa shape index (κ2) is 8.71. The molecule has 1 amide bonds. The van der Waals surface area contributed by atoms with Gasteiger partial charge in [-0.25, -0.2) is 0 Å². The van der Waals surface area contributed by atoms with Crippen molar-refractivity contribution in [3.63, 3.8) is 0 Å². The highest BCUT2D eigenvalue weighted by atomic mass is 16.5. The van der Waals surface area contributed by atoms with Crippen molar-refractivity contribution in [1.82, 2.24) is 0 Å². The van der Waals surface area contributed by atoms with Crippen molar-refractivity contribution < 1.29 is 24.2 Å². The summed E-state index contributed by atoms with van der Waals surface area (Å²) in [4.78, 5) is 28.3. The van der Waals surface area contributed by atoms with E-state index in [4.69, 9.17) is 9.47 Å². The molecule has 0 aliphatic carbocycles. The molecule has 1 atom stereocenters. The van der Waals surface area contributed by atoms with Crippen LogP contribution in [0.3, 0.4) is 0 Å². The molecule has 3 aromatic carbocycles. The third kappa shape index (κ3) is 3.52. The van der Waals surface area contributed by atoms with Gasteiger partial charge in [0.1, 0.15) is 17.3 Å². The van der Waals surface area contributed by atoms with Gasteiger partial charge < -0.3 is 14.6 Å². The van der Waals surface area contributed by atoms with Gasteiger partial charge in [-0.05, 0) is 61.2 Å². The Morgan fingerprint density at radius 2 is 1.82 bits per heavy atom. The summed E-state index contributed by atoms with van der Waals surface area (Å²) >= 11 is 0. The van der Waals surface area contributed by atoms with Crippen LogP contribution in [-0.4, -0.2) is 30.5 Å². The molecule has 172 valence electrons. The Bertz CT molecular complexity index is 1330. The molecular formula is C28H25NO5. The van der Waals surface area contributed by atoms with Crippen LogP contribution in [0.25, 0.3) is 5.76 Å². The van der Waals surface area contributed by atoms with E-state index in [0.717, 1.165) is 29.7 Å². The lowest BCUT2D eigenvalue weighted by atomic mass is 9.93. The van der Waals surface area contributed by atoms with Crippen LogP contribution in [0, 0.1) is 6.92 Å². The molecular weight excluding hydrogens is 430 g/mol. The highest BCUT2D eigenvalue weighted by Gasteiger charge is 2.48. The Kier molecular flexibility index (Phi) is 5.57. The molecule has 34 heavy (non-hydrogen) atoms. The minimum Gasteiger partial charge on any atom is -0.507 e. The SMILES string of the molecule is COc1ccccc1C1/C(=C(\O)c2ccc3c(c2)CCCO3)C(=O)C(=O)N1c1ccccc1C.